The van der Waals surface area contributed by atoms with E-state index in [2.05, 4.69) is 35.7 Å². The van der Waals surface area contributed by atoms with Crippen LogP contribution >= 0.6 is 0 Å². The second-order valence-corrected chi connectivity index (χ2v) is 11.5. The molecule has 1 aliphatic rings. The lowest BCUT2D eigenvalue weighted by Gasteiger charge is -2.38. The van der Waals surface area contributed by atoms with Gasteiger partial charge in [-0.3, -0.25) is 0 Å². The molecule has 10 heteroatoms. The Hall–Kier alpha value is -2.04. The highest BCUT2D eigenvalue weighted by molar-refractivity contribution is 7.87. The van der Waals surface area contributed by atoms with Crippen molar-refractivity contribution in [1.82, 2.24) is 19.2 Å². The van der Waals surface area contributed by atoms with Gasteiger partial charge in [0, 0.05) is 19.0 Å². The number of hydrogen-bond donors (Lipinski definition) is 2. The first-order valence-corrected chi connectivity index (χ1v) is 12.3. The fourth-order valence-electron chi connectivity index (χ4n) is 4.47. The molecule has 32 heavy (non-hydrogen) atoms. The van der Waals surface area contributed by atoms with E-state index in [-0.39, 0.29) is 11.3 Å². The minimum absolute atomic E-state index is 0.110. The van der Waals surface area contributed by atoms with Gasteiger partial charge < -0.3 is 4.42 Å². The number of aryl methyl sites for hydroxylation is 1. The summed E-state index contributed by atoms with van der Waals surface area (Å²) in [6, 6.07) is 1.97. The van der Waals surface area contributed by atoms with Crippen molar-refractivity contribution in [2.75, 3.05) is 13.1 Å². The Balaban J connectivity index is 1.91. The third kappa shape index (κ3) is 5.13. The van der Waals surface area contributed by atoms with Crippen molar-refractivity contribution < 1.29 is 17.2 Å². The Labute approximate surface area is 188 Å². The number of nitrogens with zero attached hydrogens (tertiary/aromatic N) is 2. The first kappa shape index (κ1) is 24.6. The van der Waals surface area contributed by atoms with Crippen LogP contribution in [0, 0.1) is 31.0 Å². The van der Waals surface area contributed by atoms with E-state index in [1.54, 1.807) is 19.9 Å². The van der Waals surface area contributed by atoms with Gasteiger partial charge in [0.1, 0.15) is 11.9 Å². The molecule has 1 aromatic carbocycles. The molecule has 1 saturated heterocycles. The molecule has 178 valence electrons. The van der Waals surface area contributed by atoms with Crippen LogP contribution in [-0.4, -0.2) is 36.0 Å². The van der Waals surface area contributed by atoms with Gasteiger partial charge in [0.15, 0.2) is 0 Å². The number of piperidine rings is 1. The molecule has 0 bridgehead atoms. The van der Waals surface area contributed by atoms with E-state index in [1.807, 2.05) is 6.92 Å². The molecule has 2 heterocycles. The molecule has 1 aliphatic heterocycles. The van der Waals surface area contributed by atoms with Crippen LogP contribution in [0.3, 0.4) is 0 Å². The highest BCUT2D eigenvalue weighted by atomic mass is 32.2. The smallest absolute Gasteiger partial charge is 0.391 e. The number of rotatable bonds is 6. The van der Waals surface area contributed by atoms with E-state index >= 15 is 0 Å². The minimum Gasteiger partial charge on any atom is -0.391 e. The average molecular weight is 469 g/mol. The largest absolute Gasteiger partial charge is 0.434 e. The molecule has 0 spiro atoms. The van der Waals surface area contributed by atoms with Crippen molar-refractivity contribution in [2.45, 2.75) is 66.3 Å². The van der Waals surface area contributed by atoms with Crippen molar-refractivity contribution in [3.63, 3.8) is 0 Å². The van der Waals surface area contributed by atoms with Gasteiger partial charge >= 0.3 is 5.76 Å². The summed E-state index contributed by atoms with van der Waals surface area (Å²) >= 11 is 0. The first-order valence-electron chi connectivity index (χ1n) is 10.9. The number of benzene rings is 1. The zero-order chi connectivity index (χ0) is 23.8. The van der Waals surface area contributed by atoms with Crippen LogP contribution in [0.1, 0.15) is 75.1 Å². The number of H-pyrrole nitrogens is 1. The average Bonchev–Trinajstić information content (AvgIpc) is 3.14. The summed E-state index contributed by atoms with van der Waals surface area (Å²) in [5, 5.41) is 6.02. The number of aromatic amines is 1. The SMILES string of the molecule is Cc1ccc(F)c([C@@H](C)[C@H](NS(=O)(=O)N2CCC(C(C)(C)C)CC2)c2n[nH]c(=O)o2)c1C. The van der Waals surface area contributed by atoms with Crippen molar-refractivity contribution >= 4 is 10.2 Å². The number of nitrogens with one attached hydrogen (secondary N) is 2. The molecule has 1 aromatic heterocycles. The molecule has 3 rings (SSSR count). The maximum Gasteiger partial charge on any atom is 0.434 e. The van der Waals surface area contributed by atoms with Crippen LogP contribution in [0.2, 0.25) is 0 Å². The lowest BCUT2D eigenvalue weighted by Crippen LogP contribution is -2.48. The Kier molecular flexibility index (Phi) is 6.97. The van der Waals surface area contributed by atoms with Crippen molar-refractivity contribution in [3.8, 4) is 0 Å². The lowest BCUT2D eigenvalue weighted by molar-refractivity contribution is 0.152. The predicted molar refractivity (Wildman–Crippen MR) is 120 cm³/mol. The zero-order valence-corrected chi connectivity index (χ0v) is 20.3. The number of hydrogen-bond acceptors (Lipinski definition) is 5. The standard InChI is InChI=1S/C22H33FN4O4S/c1-13-7-8-17(23)18(14(13)2)15(3)19(20-24-25-21(28)31-20)26-32(29,30)27-11-9-16(10-12-27)22(4,5)6/h7-8,15-16,19,26H,9-12H2,1-6H3,(H,25,28)/t15-,19+/m1/s1. The van der Waals surface area contributed by atoms with Gasteiger partial charge in [-0.1, -0.05) is 33.8 Å². The Morgan fingerprint density at radius 1 is 1.25 bits per heavy atom. The third-order valence-corrected chi connectivity index (χ3v) is 8.30. The highest BCUT2D eigenvalue weighted by Crippen LogP contribution is 2.37. The molecule has 0 radical (unpaired) electrons. The number of halogens is 1. The van der Waals surface area contributed by atoms with Crippen molar-refractivity contribution in [1.29, 1.82) is 0 Å². The molecule has 0 unspecified atom stereocenters. The van der Waals surface area contributed by atoms with Crippen molar-refractivity contribution in [2.24, 2.45) is 11.3 Å². The van der Waals surface area contributed by atoms with Crippen LogP contribution < -0.4 is 10.5 Å². The fourth-order valence-corrected chi connectivity index (χ4v) is 5.93. The van der Waals surface area contributed by atoms with Crippen LogP contribution in [0.25, 0.3) is 0 Å². The summed E-state index contributed by atoms with van der Waals surface area (Å²) in [5.74, 6) is -1.63. The second-order valence-electron chi connectivity index (χ2n) is 9.78. The lowest BCUT2D eigenvalue weighted by atomic mass is 9.76. The summed E-state index contributed by atoms with van der Waals surface area (Å²) in [7, 11) is -3.93. The molecule has 1 fully saturated rings. The summed E-state index contributed by atoms with van der Waals surface area (Å²) in [6.45, 7) is 12.6. The van der Waals surface area contributed by atoms with E-state index in [1.165, 1.54) is 10.4 Å². The van der Waals surface area contributed by atoms with Crippen LogP contribution in [-0.2, 0) is 10.2 Å². The predicted octanol–water partition coefficient (Wildman–Crippen LogP) is 3.56. The van der Waals surface area contributed by atoms with E-state index in [9.17, 15) is 17.6 Å². The third-order valence-electron chi connectivity index (χ3n) is 6.70. The van der Waals surface area contributed by atoms with E-state index in [4.69, 9.17) is 4.42 Å². The summed E-state index contributed by atoms with van der Waals surface area (Å²) in [5.41, 5.74) is 2.06. The molecular formula is C22H33FN4O4S. The van der Waals surface area contributed by atoms with Crippen LogP contribution in [0.5, 0.6) is 0 Å². The minimum atomic E-state index is -3.93. The van der Waals surface area contributed by atoms with Crippen molar-refractivity contribution in [3.05, 3.63) is 51.1 Å². The fraction of sp³-hybridized carbons (Fsp3) is 0.636. The molecular weight excluding hydrogens is 435 g/mol. The Morgan fingerprint density at radius 2 is 1.88 bits per heavy atom. The van der Waals surface area contributed by atoms with Gasteiger partial charge in [0.2, 0.25) is 5.89 Å². The van der Waals surface area contributed by atoms with E-state index in [0.717, 1.165) is 18.4 Å². The maximum atomic E-state index is 14.8. The van der Waals surface area contributed by atoms with E-state index < -0.39 is 33.7 Å². The summed E-state index contributed by atoms with van der Waals surface area (Å²) in [4.78, 5) is 11.6. The van der Waals surface area contributed by atoms with Gasteiger partial charge in [-0.25, -0.2) is 14.3 Å². The molecule has 0 aliphatic carbocycles. The second kappa shape index (κ2) is 9.07. The summed E-state index contributed by atoms with van der Waals surface area (Å²) in [6.07, 6.45) is 1.52. The van der Waals surface area contributed by atoms with Crippen LogP contribution in [0.15, 0.2) is 21.3 Å². The maximum absolute atomic E-state index is 14.8. The molecule has 8 nitrogen and oxygen atoms in total. The van der Waals surface area contributed by atoms with Crippen LogP contribution in [0.4, 0.5) is 4.39 Å². The number of aromatic nitrogens is 2. The molecule has 2 aromatic rings. The molecule has 0 amide bonds. The molecule has 2 N–H and O–H groups in total. The zero-order valence-electron chi connectivity index (χ0n) is 19.5. The van der Waals surface area contributed by atoms with Gasteiger partial charge in [-0.15, -0.1) is 5.10 Å². The van der Waals surface area contributed by atoms with Gasteiger partial charge in [0.05, 0.1) is 0 Å². The quantitative estimate of drug-likeness (QED) is 0.674. The normalized spacial score (nSPS) is 18.6. The van der Waals surface area contributed by atoms with Gasteiger partial charge in [-0.05, 0) is 60.8 Å². The Morgan fingerprint density at radius 3 is 2.41 bits per heavy atom. The first-order chi connectivity index (χ1) is 14.8. The molecule has 2 atom stereocenters. The summed E-state index contributed by atoms with van der Waals surface area (Å²) < 4.78 is 50.5. The monoisotopic (exact) mass is 468 g/mol. The Bertz CT molecular complexity index is 1110. The highest BCUT2D eigenvalue weighted by Gasteiger charge is 2.37. The van der Waals surface area contributed by atoms with Gasteiger partial charge in [-0.2, -0.15) is 17.4 Å². The molecule has 0 saturated carbocycles. The van der Waals surface area contributed by atoms with E-state index in [0.29, 0.717) is 30.1 Å². The van der Waals surface area contributed by atoms with Gasteiger partial charge in [0.25, 0.3) is 10.2 Å². The topological polar surface area (TPSA) is 108 Å².